The summed E-state index contributed by atoms with van der Waals surface area (Å²) >= 11 is 0. The van der Waals surface area contributed by atoms with Crippen LogP contribution in [0.15, 0.2) is 48.5 Å². The Hall–Kier alpha value is -3.29. The van der Waals surface area contributed by atoms with E-state index in [4.69, 9.17) is 4.74 Å². The van der Waals surface area contributed by atoms with Gasteiger partial charge in [-0.3, -0.25) is 19.7 Å². The molecule has 0 unspecified atom stereocenters. The molecule has 0 spiro atoms. The van der Waals surface area contributed by atoms with Gasteiger partial charge in [0.1, 0.15) is 11.5 Å². The minimum atomic E-state index is -0.798. The molecule has 7 nitrogen and oxygen atoms in total. The molecule has 0 radical (unpaired) electrons. The van der Waals surface area contributed by atoms with Crippen LogP contribution in [0, 0.1) is 15.9 Å². The van der Waals surface area contributed by atoms with E-state index in [1.165, 1.54) is 0 Å². The highest BCUT2D eigenvalue weighted by molar-refractivity contribution is 5.95. The van der Waals surface area contributed by atoms with E-state index in [1.54, 1.807) is 0 Å². The van der Waals surface area contributed by atoms with Gasteiger partial charge >= 0.3 is 5.97 Å². The van der Waals surface area contributed by atoms with E-state index in [-0.39, 0.29) is 5.69 Å². The lowest BCUT2D eigenvalue weighted by Crippen LogP contribution is -2.36. The highest BCUT2D eigenvalue weighted by atomic mass is 19.1. The van der Waals surface area contributed by atoms with Gasteiger partial charge in [-0.2, -0.15) is 0 Å². The topological polar surface area (TPSA) is 98.5 Å². The second-order valence-electron chi connectivity index (χ2n) is 6.70. The highest BCUT2D eigenvalue weighted by Crippen LogP contribution is 2.42. The van der Waals surface area contributed by atoms with Crippen LogP contribution in [0.4, 0.5) is 15.8 Å². The number of benzene rings is 2. The minimum Gasteiger partial charge on any atom is -0.455 e. The lowest BCUT2D eigenvalue weighted by Gasteiger charge is -2.27. The van der Waals surface area contributed by atoms with Crippen molar-refractivity contribution in [2.75, 3.05) is 11.9 Å². The monoisotopic (exact) mass is 386 g/mol. The molecule has 146 valence electrons. The quantitative estimate of drug-likeness (QED) is 0.463. The fraction of sp³-hybridized carbons (Fsp3) is 0.300. The molecule has 0 aromatic heterocycles. The predicted molar refractivity (Wildman–Crippen MR) is 99.2 cm³/mol. The molecular formula is C20H19FN2O5. The van der Waals surface area contributed by atoms with Crippen LogP contribution >= 0.6 is 0 Å². The molecular weight excluding hydrogens is 367 g/mol. The van der Waals surface area contributed by atoms with Crippen molar-refractivity contribution >= 4 is 23.3 Å². The Balaban J connectivity index is 1.68. The van der Waals surface area contributed by atoms with E-state index in [0.717, 1.165) is 30.5 Å². The van der Waals surface area contributed by atoms with Gasteiger partial charge in [-0.25, -0.2) is 4.39 Å². The van der Waals surface area contributed by atoms with Crippen molar-refractivity contribution in [3.63, 3.8) is 0 Å². The Morgan fingerprint density at radius 1 is 1.14 bits per heavy atom. The van der Waals surface area contributed by atoms with Gasteiger partial charge in [-0.15, -0.1) is 0 Å². The van der Waals surface area contributed by atoms with Crippen molar-refractivity contribution in [1.82, 2.24) is 0 Å². The van der Waals surface area contributed by atoms with Crippen molar-refractivity contribution in [1.29, 1.82) is 0 Å². The Morgan fingerprint density at radius 3 is 2.46 bits per heavy atom. The summed E-state index contributed by atoms with van der Waals surface area (Å²) in [6.45, 7) is -0.581. The first-order valence-corrected chi connectivity index (χ1v) is 8.89. The summed E-state index contributed by atoms with van der Waals surface area (Å²) in [6.07, 6.45) is 3.05. The third-order valence-electron chi connectivity index (χ3n) is 4.94. The summed E-state index contributed by atoms with van der Waals surface area (Å²) in [5.74, 6) is -2.01. The summed E-state index contributed by atoms with van der Waals surface area (Å²) in [6, 6.07) is 12.1. The predicted octanol–water partition coefficient (Wildman–Crippen LogP) is 3.73. The maximum atomic E-state index is 13.2. The van der Waals surface area contributed by atoms with Crippen molar-refractivity contribution < 1.29 is 23.6 Å². The summed E-state index contributed by atoms with van der Waals surface area (Å²) in [7, 11) is 0. The molecule has 8 heteroatoms. The average molecular weight is 386 g/mol. The maximum absolute atomic E-state index is 13.2. The number of halogens is 1. The van der Waals surface area contributed by atoms with E-state index in [2.05, 4.69) is 5.32 Å². The molecule has 2 aromatic rings. The number of carbonyl (C=O) groups excluding carboxylic acids is 2. The first-order chi connectivity index (χ1) is 13.4. The summed E-state index contributed by atoms with van der Waals surface area (Å²) in [4.78, 5) is 35.1. The average Bonchev–Trinajstić information content (AvgIpc) is 3.19. The van der Waals surface area contributed by atoms with Gasteiger partial charge in [0.05, 0.1) is 16.4 Å². The number of anilines is 1. The van der Waals surface area contributed by atoms with E-state index in [9.17, 15) is 24.1 Å². The minimum absolute atomic E-state index is 0.161. The number of hydrogen-bond acceptors (Lipinski definition) is 5. The first kappa shape index (κ1) is 19.5. The Bertz CT molecular complexity index is 895. The summed E-state index contributed by atoms with van der Waals surface area (Å²) in [5, 5.41) is 13.3. The van der Waals surface area contributed by atoms with Crippen LogP contribution in [0.2, 0.25) is 0 Å². The van der Waals surface area contributed by atoms with Crippen LogP contribution in [0.25, 0.3) is 0 Å². The molecule has 2 aromatic carbocycles. The van der Waals surface area contributed by atoms with Crippen molar-refractivity contribution in [2.24, 2.45) is 0 Å². The number of amides is 1. The molecule has 0 atom stereocenters. The second kappa shape index (κ2) is 8.16. The van der Waals surface area contributed by atoms with Crippen LogP contribution in [-0.2, 0) is 19.7 Å². The number of rotatable bonds is 6. The second-order valence-corrected chi connectivity index (χ2v) is 6.70. The van der Waals surface area contributed by atoms with E-state index in [1.807, 2.05) is 30.3 Å². The van der Waals surface area contributed by atoms with Crippen LogP contribution < -0.4 is 5.32 Å². The van der Waals surface area contributed by atoms with Gasteiger partial charge in [0.15, 0.2) is 6.61 Å². The summed E-state index contributed by atoms with van der Waals surface area (Å²) in [5.41, 5.74) is -0.655. The molecule has 1 aliphatic carbocycles. The van der Waals surface area contributed by atoms with Crippen molar-refractivity contribution in [3.05, 3.63) is 70.0 Å². The fourth-order valence-corrected chi connectivity index (χ4v) is 3.56. The molecule has 1 fully saturated rings. The zero-order valence-electron chi connectivity index (χ0n) is 15.0. The van der Waals surface area contributed by atoms with Gasteiger partial charge in [0, 0.05) is 0 Å². The highest BCUT2D eigenvalue weighted by Gasteiger charge is 2.44. The number of nitro groups is 1. The van der Waals surface area contributed by atoms with E-state index >= 15 is 0 Å². The Morgan fingerprint density at radius 2 is 1.82 bits per heavy atom. The molecule has 1 aliphatic rings. The molecule has 0 aliphatic heterocycles. The number of hydrogen-bond donors (Lipinski definition) is 1. The molecule has 1 N–H and O–H groups in total. The van der Waals surface area contributed by atoms with Crippen LogP contribution in [0.1, 0.15) is 31.2 Å². The molecule has 1 saturated carbocycles. The zero-order chi connectivity index (χ0) is 20.1. The van der Waals surface area contributed by atoms with Gasteiger partial charge in [-0.1, -0.05) is 43.2 Å². The van der Waals surface area contributed by atoms with E-state index in [0.29, 0.717) is 18.9 Å². The molecule has 0 saturated heterocycles. The van der Waals surface area contributed by atoms with Gasteiger partial charge in [0.25, 0.3) is 11.6 Å². The van der Waals surface area contributed by atoms with Crippen molar-refractivity contribution in [2.45, 2.75) is 31.1 Å². The third-order valence-corrected chi connectivity index (χ3v) is 4.94. The Labute approximate surface area is 160 Å². The number of ether oxygens (including phenoxy) is 1. The van der Waals surface area contributed by atoms with Crippen LogP contribution in [0.5, 0.6) is 0 Å². The molecule has 1 amide bonds. The van der Waals surface area contributed by atoms with Gasteiger partial charge < -0.3 is 10.1 Å². The van der Waals surface area contributed by atoms with Gasteiger partial charge in [-0.05, 0) is 30.5 Å². The largest absolute Gasteiger partial charge is 0.455 e. The third kappa shape index (κ3) is 4.00. The molecule has 28 heavy (non-hydrogen) atoms. The number of nitro benzene ring substituents is 1. The smallest absolute Gasteiger partial charge is 0.317 e. The molecule has 0 heterocycles. The lowest BCUT2D eigenvalue weighted by molar-refractivity contribution is -0.384. The number of esters is 1. The SMILES string of the molecule is O=C(COC(=O)C1(c2ccccc2)CCCC1)Nc1ccc(F)cc1[N+](=O)[O-]. The van der Waals surface area contributed by atoms with Crippen LogP contribution in [-0.4, -0.2) is 23.4 Å². The normalized spacial score (nSPS) is 15.0. The zero-order valence-corrected chi connectivity index (χ0v) is 15.0. The first-order valence-electron chi connectivity index (χ1n) is 8.89. The van der Waals surface area contributed by atoms with E-state index < -0.39 is 40.3 Å². The number of carbonyl (C=O) groups is 2. The molecule has 3 rings (SSSR count). The van der Waals surface area contributed by atoms with Crippen molar-refractivity contribution in [3.8, 4) is 0 Å². The maximum Gasteiger partial charge on any atom is 0.317 e. The van der Waals surface area contributed by atoms with Crippen LogP contribution in [0.3, 0.4) is 0 Å². The van der Waals surface area contributed by atoms with Gasteiger partial charge in [0.2, 0.25) is 0 Å². The molecule has 0 bridgehead atoms. The standard InChI is InChI=1S/C20H19FN2O5/c21-15-8-9-16(17(12-15)23(26)27)22-18(24)13-28-19(25)20(10-4-5-11-20)14-6-2-1-3-7-14/h1-3,6-9,12H,4-5,10-11,13H2,(H,22,24). The summed E-state index contributed by atoms with van der Waals surface area (Å²) < 4.78 is 18.4. The number of nitrogens with one attached hydrogen (secondary N) is 1. The lowest BCUT2D eigenvalue weighted by atomic mass is 9.79. The number of nitrogens with zero attached hydrogens (tertiary/aromatic N) is 1. The fourth-order valence-electron chi connectivity index (χ4n) is 3.56. The Kier molecular flexibility index (Phi) is 5.67.